The van der Waals surface area contributed by atoms with Gasteiger partial charge < -0.3 is 20.7 Å². The predicted octanol–water partition coefficient (Wildman–Crippen LogP) is 7.17. The third-order valence-corrected chi connectivity index (χ3v) is 8.53. The molecule has 1 aliphatic heterocycles. The maximum atomic E-state index is 13.1. The summed E-state index contributed by atoms with van der Waals surface area (Å²) in [5.74, 6) is 0.720. The largest absolute Gasteiger partial charge is 0.492 e. The van der Waals surface area contributed by atoms with Crippen LogP contribution in [0.3, 0.4) is 0 Å². The van der Waals surface area contributed by atoms with Crippen LogP contribution in [0.2, 0.25) is 0 Å². The van der Waals surface area contributed by atoms with Crippen LogP contribution in [0, 0.1) is 0 Å². The SMILES string of the molecule is CC.CCOc1ccc(C(SC(NC(=O)Cc2ccc3c(c2)SC(N)N3C)=C(C)CC)=C(C)CC)nc1. The van der Waals surface area contributed by atoms with Crippen molar-refractivity contribution in [3.05, 3.63) is 64.0 Å². The van der Waals surface area contributed by atoms with E-state index in [1.54, 1.807) is 29.7 Å². The molecule has 1 aromatic carbocycles. The Morgan fingerprint density at radius 3 is 2.43 bits per heavy atom. The molecule has 3 rings (SSSR count). The Morgan fingerprint density at radius 1 is 1.14 bits per heavy atom. The van der Waals surface area contributed by atoms with E-state index >= 15 is 0 Å². The Balaban J connectivity index is 0.00000235. The molecule has 2 aromatic rings. The van der Waals surface area contributed by atoms with E-state index in [-0.39, 0.29) is 11.4 Å². The first-order valence-electron chi connectivity index (χ1n) is 13.0. The van der Waals surface area contributed by atoms with E-state index in [9.17, 15) is 4.79 Å². The summed E-state index contributed by atoms with van der Waals surface area (Å²) < 4.78 is 5.55. The van der Waals surface area contributed by atoms with Gasteiger partial charge in [0.25, 0.3) is 0 Å². The smallest absolute Gasteiger partial charge is 0.229 e. The van der Waals surface area contributed by atoms with Crippen molar-refractivity contribution in [2.24, 2.45) is 5.73 Å². The topological polar surface area (TPSA) is 80.5 Å². The number of thioether (sulfide) groups is 2. The third-order valence-electron chi connectivity index (χ3n) is 5.97. The Hall–Kier alpha value is -2.42. The van der Waals surface area contributed by atoms with Crippen LogP contribution in [0.25, 0.3) is 4.91 Å². The molecular weight excluding hydrogens is 500 g/mol. The molecule has 0 spiro atoms. The minimum Gasteiger partial charge on any atom is -0.492 e. The van der Waals surface area contributed by atoms with Gasteiger partial charge in [-0.25, -0.2) is 0 Å². The molecule has 1 aliphatic rings. The van der Waals surface area contributed by atoms with Crippen molar-refractivity contribution < 1.29 is 9.53 Å². The Kier molecular flexibility index (Phi) is 12.6. The minimum atomic E-state index is -0.0876. The number of pyridine rings is 1. The number of carbonyl (C=O) groups is 1. The van der Waals surface area contributed by atoms with Gasteiger partial charge >= 0.3 is 0 Å². The summed E-state index contributed by atoms with van der Waals surface area (Å²) in [6.45, 7) is 15.0. The number of aromatic nitrogens is 1. The number of benzene rings is 1. The maximum Gasteiger partial charge on any atom is 0.229 e. The summed E-state index contributed by atoms with van der Waals surface area (Å²) in [4.78, 5) is 22.0. The summed E-state index contributed by atoms with van der Waals surface area (Å²) in [6, 6.07) is 10.1. The molecule has 0 aliphatic carbocycles. The van der Waals surface area contributed by atoms with E-state index in [1.807, 2.05) is 57.0 Å². The third kappa shape index (κ3) is 8.28. The molecule has 0 saturated heterocycles. The fourth-order valence-electron chi connectivity index (χ4n) is 3.52. The number of nitrogens with two attached hydrogens (primary N) is 1. The normalized spacial score (nSPS) is 15.7. The molecule has 1 unspecified atom stereocenters. The Bertz CT molecular complexity index is 1110. The van der Waals surface area contributed by atoms with E-state index in [0.717, 1.165) is 55.9 Å². The number of amides is 1. The zero-order chi connectivity index (χ0) is 27.5. The van der Waals surface area contributed by atoms with Gasteiger partial charge in [0.2, 0.25) is 5.91 Å². The minimum absolute atomic E-state index is 0.0333. The number of carbonyl (C=O) groups excluding carboxylic acids is 1. The molecule has 2 heterocycles. The molecular formula is C29H42N4O2S2. The molecule has 0 fully saturated rings. The van der Waals surface area contributed by atoms with Crippen molar-refractivity contribution in [2.75, 3.05) is 18.6 Å². The summed E-state index contributed by atoms with van der Waals surface area (Å²) in [6.07, 6.45) is 3.80. The van der Waals surface area contributed by atoms with Gasteiger partial charge in [-0.2, -0.15) is 0 Å². The van der Waals surface area contributed by atoms with Crippen LogP contribution in [0.4, 0.5) is 5.69 Å². The van der Waals surface area contributed by atoms with Crippen molar-refractivity contribution >= 4 is 40.0 Å². The lowest BCUT2D eigenvalue weighted by Gasteiger charge is -2.17. The van der Waals surface area contributed by atoms with Crippen molar-refractivity contribution in [1.82, 2.24) is 10.3 Å². The molecule has 0 saturated carbocycles. The second-order valence-electron chi connectivity index (χ2n) is 8.49. The molecule has 6 nitrogen and oxygen atoms in total. The van der Waals surface area contributed by atoms with Crippen LogP contribution < -0.4 is 20.7 Å². The zero-order valence-electron chi connectivity index (χ0n) is 23.5. The highest BCUT2D eigenvalue weighted by molar-refractivity contribution is 8.11. The molecule has 0 radical (unpaired) electrons. The van der Waals surface area contributed by atoms with Gasteiger partial charge in [-0.15, -0.1) is 0 Å². The highest BCUT2D eigenvalue weighted by Crippen LogP contribution is 2.41. The summed E-state index contributed by atoms with van der Waals surface area (Å²) in [7, 11) is 1.99. The first kappa shape index (κ1) is 30.8. The zero-order valence-corrected chi connectivity index (χ0v) is 25.1. The number of nitrogens with zero attached hydrogens (tertiary/aromatic N) is 2. The first-order chi connectivity index (χ1) is 17.8. The quantitative estimate of drug-likeness (QED) is 0.329. The number of hydrogen-bond donors (Lipinski definition) is 2. The summed E-state index contributed by atoms with van der Waals surface area (Å²) in [5, 5.41) is 4.06. The van der Waals surface area contributed by atoms with Crippen molar-refractivity contribution in [1.29, 1.82) is 0 Å². The summed E-state index contributed by atoms with van der Waals surface area (Å²) >= 11 is 3.20. The van der Waals surface area contributed by atoms with E-state index < -0.39 is 0 Å². The average molecular weight is 543 g/mol. The fourth-order valence-corrected chi connectivity index (χ4v) is 5.84. The second kappa shape index (κ2) is 15.1. The number of anilines is 1. The first-order valence-corrected chi connectivity index (χ1v) is 14.7. The van der Waals surface area contributed by atoms with Crippen LogP contribution >= 0.6 is 23.5 Å². The summed E-state index contributed by atoms with van der Waals surface area (Å²) in [5.41, 5.74) is 11.4. The highest BCUT2D eigenvalue weighted by atomic mass is 32.2. The van der Waals surface area contributed by atoms with E-state index in [2.05, 4.69) is 44.1 Å². The molecule has 3 N–H and O–H groups in total. The van der Waals surface area contributed by atoms with Crippen LogP contribution in [-0.2, 0) is 11.2 Å². The Labute approximate surface area is 231 Å². The number of rotatable bonds is 10. The van der Waals surface area contributed by atoms with E-state index in [4.69, 9.17) is 10.5 Å². The van der Waals surface area contributed by atoms with E-state index in [0.29, 0.717) is 13.0 Å². The van der Waals surface area contributed by atoms with Gasteiger partial charge in [-0.3, -0.25) is 9.78 Å². The lowest BCUT2D eigenvalue weighted by Crippen LogP contribution is -2.32. The van der Waals surface area contributed by atoms with Crippen LogP contribution in [0.15, 0.2) is 57.6 Å². The number of hydrogen-bond acceptors (Lipinski definition) is 7. The van der Waals surface area contributed by atoms with Gasteiger partial charge in [0.15, 0.2) is 0 Å². The molecule has 37 heavy (non-hydrogen) atoms. The molecule has 1 aromatic heterocycles. The van der Waals surface area contributed by atoms with Gasteiger partial charge in [-0.1, -0.05) is 62.9 Å². The molecule has 1 amide bonds. The lowest BCUT2D eigenvalue weighted by molar-refractivity contribution is -0.119. The molecule has 1 atom stereocenters. The standard InChI is InChI=1S/C27H36N4O2S2.C2H6/c1-7-17(4)25(21-12-11-20(16-29-21)33-9-3)35-26(18(5)8-2)30-24(32)15-19-10-13-22-23(14-19)34-27(28)31(22)6;1-2/h10-14,16,27H,7-9,15,28H2,1-6H3,(H,30,32);1-2H3. The Morgan fingerprint density at radius 2 is 1.84 bits per heavy atom. The van der Waals surface area contributed by atoms with Gasteiger partial charge in [0, 0.05) is 16.8 Å². The van der Waals surface area contributed by atoms with Crippen molar-refractivity contribution in [2.45, 2.75) is 78.1 Å². The average Bonchev–Trinajstić information content (AvgIpc) is 3.19. The van der Waals surface area contributed by atoms with Gasteiger partial charge in [0.05, 0.1) is 35.6 Å². The number of nitrogens with one attached hydrogen (secondary N) is 1. The van der Waals surface area contributed by atoms with Crippen molar-refractivity contribution in [3.63, 3.8) is 0 Å². The van der Waals surface area contributed by atoms with Gasteiger partial charge in [-0.05, 0) is 69.0 Å². The van der Waals surface area contributed by atoms with Crippen LogP contribution in [-0.4, -0.2) is 30.0 Å². The molecule has 0 bridgehead atoms. The predicted molar refractivity (Wildman–Crippen MR) is 161 cm³/mol. The number of ether oxygens (including phenoxy) is 1. The molecule has 8 heteroatoms. The fraction of sp³-hybridized carbons (Fsp3) is 0.448. The number of allylic oxidation sites excluding steroid dienone is 2. The van der Waals surface area contributed by atoms with Crippen LogP contribution in [0.1, 0.15) is 72.6 Å². The van der Waals surface area contributed by atoms with Crippen molar-refractivity contribution in [3.8, 4) is 5.75 Å². The number of fused-ring (bicyclic) bond motifs is 1. The second-order valence-corrected chi connectivity index (χ2v) is 10.7. The maximum absolute atomic E-state index is 13.1. The monoisotopic (exact) mass is 542 g/mol. The van der Waals surface area contributed by atoms with E-state index in [1.165, 1.54) is 5.57 Å². The van der Waals surface area contributed by atoms with Gasteiger partial charge in [0.1, 0.15) is 11.2 Å². The lowest BCUT2D eigenvalue weighted by atomic mass is 10.1. The van der Waals surface area contributed by atoms with Crippen LogP contribution in [0.5, 0.6) is 5.75 Å². The highest BCUT2D eigenvalue weighted by Gasteiger charge is 2.24. The molecule has 202 valence electrons.